The number of benzene rings is 1. The number of hydrogen-bond acceptors (Lipinski definition) is 3. The van der Waals surface area contributed by atoms with Crippen molar-refractivity contribution in [1.29, 1.82) is 0 Å². The standard InChI is InChI=1S/C20H25N3O/c1-16(17-9-11-21-12-10-17)20(24)22-19(15-23-13-5-6-14-23)18-7-3-2-4-8-18/h2-4,7-12,16,19H,5-6,13-15H2,1H3,(H,22,24)/t16?,19-/m1/s1. The van der Waals surface area contributed by atoms with Gasteiger partial charge in [-0.2, -0.15) is 0 Å². The molecular weight excluding hydrogens is 298 g/mol. The summed E-state index contributed by atoms with van der Waals surface area (Å²) in [5, 5.41) is 3.26. The molecule has 2 heterocycles. The second-order valence-electron chi connectivity index (χ2n) is 6.48. The molecule has 3 rings (SSSR count). The Morgan fingerprint density at radius 2 is 1.75 bits per heavy atom. The summed E-state index contributed by atoms with van der Waals surface area (Å²) in [5.74, 6) is -0.118. The average Bonchev–Trinajstić information content (AvgIpc) is 3.15. The van der Waals surface area contributed by atoms with Gasteiger partial charge in [0, 0.05) is 18.9 Å². The Balaban J connectivity index is 1.72. The number of rotatable bonds is 6. The van der Waals surface area contributed by atoms with Gasteiger partial charge < -0.3 is 10.2 Å². The van der Waals surface area contributed by atoms with Crippen LogP contribution >= 0.6 is 0 Å². The van der Waals surface area contributed by atoms with E-state index in [0.29, 0.717) is 0 Å². The topological polar surface area (TPSA) is 45.2 Å². The molecule has 1 aliphatic rings. The van der Waals surface area contributed by atoms with Crippen LogP contribution in [-0.4, -0.2) is 35.4 Å². The number of carbonyl (C=O) groups is 1. The molecule has 0 spiro atoms. The molecule has 2 aromatic rings. The SMILES string of the molecule is CC(C(=O)N[C@H](CN1CCCC1)c1ccccc1)c1ccncc1. The van der Waals surface area contributed by atoms with Gasteiger partial charge in [-0.1, -0.05) is 30.3 Å². The van der Waals surface area contributed by atoms with E-state index in [1.165, 1.54) is 18.4 Å². The van der Waals surface area contributed by atoms with Gasteiger partial charge in [0.1, 0.15) is 0 Å². The lowest BCUT2D eigenvalue weighted by Gasteiger charge is -2.26. The zero-order valence-corrected chi connectivity index (χ0v) is 14.2. The molecule has 1 aliphatic heterocycles. The molecule has 1 aromatic heterocycles. The number of carbonyl (C=O) groups excluding carboxylic acids is 1. The van der Waals surface area contributed by atoms with Crippen molar-refractivity contribution < 1.29 is 4.79 Å². The quantitative estimate of drug-likeness (QED) is 0.888. The maximum absolute atomic E-state index is 12.8. The predicted octanol–water partition coefficient (Wildman–Crippen LogP) is 3.14. The minimum Gasteiger partial charge on any atom is -0.347 e. The third kappa shape index (κ3) is 4.20. The van der Waals surface area contributed by atoms with Crippen LogP contribution in [0.3, 0.4) is 0 Å². The monoisotopic (exact) mass is 323 g/mol. The van der Waals surface area contributed by atoms with E-state index in [1.54, 1.807) is 12.4 Å². The highest BCUT2D eigenvalue weighted by Crippen LogP contribution is 2.20. The fraction of sp³-hybridized carbons (Fsp3) is 0.400. The second-order valence-corrected chi connectivity index (χ2v) is 6.48. The lowest BCUT2D eigenvalue weighted by molar-refractivity contribution is -0.123. The molecule has 1 fully saturated rings. The van der Waals surface area contributed by atoms with Crippen LogP contribution in [0.5, 0.6) is 0 Å². The number of hydrogen-bond donors (Lipinski definition) is 1. The number of amides is 1. The minimum atomic E-state index is -0.183. The Hall–Kier alpha value is -2.20. The summed E-state index contributed by atoms with van der Waals surface area (Å²) >= 11 is 0. The predicted molar refractivity (Wildman–Crippen MR) is 95.7 cm³/mol. The lowest BCUT2D eigenvalue weighted by atomic mass is 10.00. The van der Waals surface area contributed by atoms with E-state index in [9.17, 15) is 4.79 Å². The molecule has 0 radical (unpaired) electrons. The van der Waals surface area contributed by atoms with Gasteiger partial charge in [0.2, 0.25) is 5.91 Å². The summed E-state index contributed by atoms with van der Waals surface area (Å²) in [6.07, 6.45) is 5.97. The summed E-state index contributed by atoms with van der Waals surface area (Å²) in [6, 6.07) is 14.1. The van der Waals surface area contributed by atoms with Gasteiger partial charge in [0.25, 0.3) is 0 Å². The molecule has 4 nitrogen and oxygen atoms in total. The first-order chi connectivity index (χ1) is 11.7. The summed E-state index contributed by atoms with van der Waals surface area (Å²) in [4.78, 5) is 19.2. The molecular formula is C20H25N3O. The second kappa shape index (κ2) is 8.06. The van der Waals surface area contributed by atoms with Crippen molar-refractivity contribution in [2.24, 2.45) is 0 Å². The summed E-state index contributed by atoms with van der Waals surface area (Å²) in [5.41, 5.74) is 2.16. The van der Waals surface area contributed by atoms with E-state index >= 15 is 0 Å². The minimum absolute atomic E-state index is 0.0288. The average molecular weight is 323 g/mol. The zero-order valence-electron chi connectivity index (χ0n) is 14.2. The number of likely N-dealkylation sites (tertiary alicyclic amines) is 1. The first-order valence-electron chi connectivity index (χ1n) is 8.71. The highest BCUT2D eigenvalue weighted by atomic mass is 16.1. The first-order valence-corrected chi connectivity index (χ1v) is 8.71. The molecule has 0 bridgehead atoms. The Bertz CT molecular complexity index is 638. The molecule has 1 N–H and O–H groups in total. The Morgan fingerprint density at radius 1 is 1.08 bits per heavy atom. The van der Waals surface area contributed by atoms with Gasteiger partial charge in [-0.25, -0.2) is 0 Å². The first kappa shape index (κ1) is 16.7. The molecule has 1 amide bonds. The van der Waals surface area contributed by atoms with E-state index in [4.69, 9.17) is 0 Å². The van der Waals surface area contributed by atoms with Crippen molar-refractivity contribution in [1.82, 2.24) is 15.2 Å². The maximum Gasteiger partial charge on any atom is 0.227 e. The number of nitrogens with zero attached hydrogens (tertiary/aromatic N) is 2. The number of pyridine rings is 1. The van der Waals surface area contributed by atoms with E-state index in [1.807, 2.05) is 37.3 Å². The van der Waals surface area contributed by atoms with Crippen molar-refractivity contribution >= 4 is 5.91 Å². The van der Waals surface area contributed by atoms with Crippen molar-refractivity contribution in [2.45, 2.75) is 31.7 Å². The highest BCUT2D eigenvalue weighted by Gasteiger charge is 2.23. The molecule has 2 atom stereocenters. The van der Waals surface area contributed by atoms with E-state index < -0.39 is 0 Å². The number of aromatic nitrogens is 1. The molecule has 4 heteroatoms. The Morgan fingerprint density at radius 3 is 2.42 bits per heavy atom. The fourth-order valence-electron chi connectivity index (χ4n) is 3.24. The van der Waals surface area contributed by atoms with Crippen molar-refractivity contribution in [3.05, 3.63) is 66.0 Å². The lowest BCUT2D eigenvalue weighted by Crippen LogP contribution is -2.38. The fourth-order valence-corrected chi connectivity index (χ4v) is 3.24. The van der Waals surface area contributed by atoms with E-state index in [2.05, 4.69) is 27.3 Å². The van der Waals surface area contributed by atoms with Crippen LogP contribution in [0.1, 0.15) is 42.9 Å². The number of nitrogens with one attached hydrogen (secondary N) is 1. The molecule has 24 heavy (non-hydrogen) atoms. The third-order valence-electron chi connectivity index (χ3n) is 4.76. The molecule has 1 aromatic carbocycles. The van der Waals surface area contributed by atoms with Crippen molar-refractivity contribution in [2.75, 3.05) is 19.6 Å². The van der Waals surface area contributed by atoms with Crippen LogP contribution in [0, 0.1) is 0 Å². The summed E-state index contributed by atoms with van der Waals surface area (Å²) < 4.78 is 0. The van der Waals surface area contributed by atoms with Gasteiger partial charge >= 0.3 is 0 Å². The maximum atomic E-state index is 12.8. The largest absolute Gasteiger partial charge is 0.347 e. The van der Waals surface area contributed by atoms with Gasteiger partial charge in [-0.05, 0) is 56.1 Å². The van der Waals surface area contributed by atoms with Crippen LogP contribution < -0.4 is 5.32 Å². The molecule has 1 unspecified atom stereocenters. The van der Waals surface area contributed by atoms with Gasteiger partial charge in [-0.15, -0.1) is 0 Å². The van der Waals surface area contributed by atoms with Gasteiger partial charge in [0.05, 0.1) is 12.0 Å². The highest BCUT2D eigenvalue weighted by molar-refractivity contribution is 5.83. The van der Waals surface area contributed by atoms with Crippen LogP contribution in [0.15, 0.2) is 54.9 Å². The normalized spacial score (nSPS) is 17.4. The zero-order chi connectivity index (χ0) is 16.8. The Labute approximate surface area is 143 Å². The van der Waals surface area contributed by atoms with Crippen LogP contribution in [0.4, 0.5) is 0 Å². The van der Waals surface area contributed by atoms with E-state index in [-0.39, 0.29) is 17.9 Å². The summed E-state index contributed by atoms with van der Waals surface area (Å²) in [6.45, 7) is 5.07. The van der Waals surface area contributed by atoms with Gasteiger partial charge in [-0.3, -0.25) is 9.78 Å². The molecule has 126 valence electrons. The van der Waals surface area contributed by atoms with Crippen molar-refractivity contribution in [3.63, 3.8) is 0 Å². The molecule has 1 saturated heterocycles. The smallest absolute Gasteiger partial charge is 0.227 e. The Kier molecular flexibility index (Phi) is 5.59. The van der Waals surface area contributed by atoms with Crippen LogP contribution in [0.25, 0.3) is 0 Å². The van der Waals surface area contributed by atoms with Crippen LogP contribution in [0.2, 0.25) is 0 Å². The van der Waals surface area contributed by atoms with Crippen molar-refractivity contribution in [3.8, 4) is 0 Å². The molecule has 0 saturated carbocycles. The van der Waals surface area contributed by atoms with Crippen LogP contribution in [-0.2, 0) is 4.79 Å². The molecule has 0 aliphatic carbocycles. The van der Waals surface area contributed by atoms with E-state index in [0.717, 1.165) is 25.2 Å². The third-order valence-corrected chi connectivity index (χ3v) is 4.76. The summed E-state index contributed by atoms with van der Waals surface area (Å²) in [7, 11) is 0. The van der Waals surface area contributed by atoms with Gasteiger partial charge in [0.15, 0.2) is 0 Å².